The maximum atomic E-state index is 12.5. The van der Waals surface area contributed by atoms with Crippen molar-refractivity contribution in [3.05, 3.63) is 59.7 Å². The number of hydrogen-bond acceptors (Lipinski definition) is 5. The highest BCUT2D eigenvalue weighted by Crippen LogP contribution is 2.29. The van der Waals surface area contributed by atoms with Gasteiger partial charge in [-0.2, -0.15) is 13.2 Å². The van der Waals surface area contributed by atoms with Gasteiger partial charge in [0.1, 0.15) is 12.3 Å². The van der Waals surface area contributed by atoms with Gasteiger partial charge in [0, 0.05) is 11.3 Å². The molecule has 10 heteroatoms. The zero-order chi connectivity index (χ0) is 21.4. The fraction of sp³-hybridized carbons (Fsp3) is 0.211. The predicted molar refractivity (Wildman–Crippen MR) is 96.4 cm³/mol. The molecule has 0 atom stereocenters. The summed E-state index contributed by atoms with van der Waals surface area (Å²) >= 11 is 0. The lowest BCUT2D eigenvalue weighted by Gasteiger charge is -2.09. The molecule has 0 radical (unpaired) electrons. The summed E-state index contributed by atoms with van der Waals surface area (Å²) in [5, 5.41) is 4.63. The first-order valence-electron chi connectivity index (χ1n) is 8.24. The average Bonchev–Trinajstić information content (AvgIpc) is 2.70. The molecule has 154 valence electrons. The summed E-state index contributed by atoms with van der Waals surface area (Å²) in [7, 11) is 1.45. The summed E-state index contributed by atoms with van der Waals surface area (Å²) in [6.07, 6.45) is -4.48. The molecule has 0 aliphatic carbocycles. The van der Waals surface area contributed by atoms with Crippen LogP contribution in [0.25, 0.3) is 0 Å². The molecule has 0 saturated carbocycles. The first-order valence-corrected chi connectivity index (χ1v) is 8.24. The third kappa shape index (κ3) is 6.83. The van der Waals surface area contributed by atoms with Crippen LogP contribution in [0.15, 0.2) is 48.5 Å². The molecule has 0 unspecified atom stereocenters. The molecule has 0 aliphatic heterocycles. The van der Waals surface area contributed by atoms with Crippen molar-refractivity contribution in [2.24, 2.45) is 0 Å². The zero-order valence-electron chi connectivity index (χ0n) is 15.2. The number of alkyl halides is 3. The quantitative estimate of drug-likeness (QED) is 0.685. The molecule has 7 nitrogen and oxygen atoms in total. The van der Waals surface area contributed by atoms with E-state index in [4.69, 9.17) is 9.47 Å². The van der Waals surface area contributed by atoms with Gasteiger partial charge in [0.15, 0.2) is 6.61 Å². The minimum atomic E-state index is -4.48. The van der Waals surface area contributed by atoms with Gasteiger partial charge in [-0.05, 0) is 42.5 Å². The van der Waals surface area contributed by atoms with Crippen LogP contribution in [0.1, 0.15) is 15.9 Å². The van der Waals surface area contributed by atoms with Gasteiger partial charge in [-0.3, -0.25) is 14.4 Å². The van der Waals surface area contributed by atoms with Crippen LogP contribution in [-0.4, -0.2) is 38.0 Å². The minimum Gasteiger partial charge on any atom is -0.497 e. The molecule has 0 saturated heterocycles. The van der Waals surface area contributed by atoms with Gasteiger partial charge in [-0.15, -0.1) is 0 Å². The zero-order valence-corrected chi connectivity index (χ0v) is 15.2. The fourth-order valence-corrected chi connectivity index (χ4v) is 2.16. The van der Waals surface area contributed by atoms with E-state index in [0.29, 0.717) is 5.75 Å². The Bertz CT molecular complexity index is 882. The van der Waals surface area contributed by atoms with E-state index in [9.17, 15) is 27.6 Å². The predicted octanol–water partition coefficient (Wildman–Crippen LogP) is 2.63. The highest BCUT2D eigenvalue weighted by atomic mass is 19.4. The lowest BCUT2D eigenvalue weighted by molar-refractivity contribution is -0.146. The Labute approximate surface area is 163 Å². The van der Waals surface area contributed by atoms with Gasteiger partial charge in [0.05, 0.1) is 12.7 Å². The number of halogens is 3. The van der Waals surface area contributed by atoms with Crippen LogP contribution < -0.4 is 15.4 Å². The van der Waals surface area contributed by atoms with Crippen molar-refractivity contribution in [2.75, 3.05) is 25.6 Å². The maximum absolute atomic E-state index is 12.5. The number of ether oxygens (including phenoxy) is 2. The smallest absolute Gasteiger partial charge is 0.416 e. The van der Waals surface area contributed by atoms with Crippen LogP contribution in [0.2, 0.25) is 0 Å². The fourth-order valence-electron chi connectivity index (χ4n) is 2.16. The van der Waals surface area contributed by atoms with E-state index in [2.05, 4.69) is 10.6 Å². The van der Waals surface area contributed by atoms with Gasteiger partial charge in [-0.1, -0.05) is 6.07 Å². The van der Waals surface area contributed by atoms with Crippen LogP contribution in [-0.2, 0) is 20.5 Å². The van der Waals surface area contributed by atoms with Crippen molar-refractivity contribution in [3.8, 4) is 5.75 Å². The second-order valence-electron chi connectivity index (χ2n) is 5.70. The van der Waals surface area contributed by atoms with E-state index in [-0.39, 0.29) is 11.3 Å². The van der Waals surface area contributed by atoms with Gasteiger partial charge in [0.2, 0.25) is 0 Å². The van der Waals surface area contributed by atoms with E-state index in [1.165, 1.54) is 19.2 Å². The van der Waals surface area contributed by atoms with Crippen molar-refractivity contribution < 1.29 is 37.0 Å². The summed E-state index contributed by atoms with van der Waals surface area (Å²) in [4.78, 5) is 35.3. The number of benzene rings is 2. The molecule has 0 aliphatic rings. The van der Waals surface area contributed by atoms with Crippen molar-refractivity contribution in [3.63, 3.8) is 0 Å². The number of esters is 1. The average molecular weight is 410 g/mol. The van der Waals surface area contributed by atoms with E-state index < -0.39 is 42.7 Å². The normalized spacial score (nSPS) is 10.8. The van der Waals surface area contributed by atoms with Gasteiger partial charge < -0.3 is 20.1 Å². The molecule has 2 aromatic rings. The molecule has 2 aromatic carbocycles. The first kappa shape index (κ1) is 21.7. The summed E-state index contributed by atoms with van der Waals surface area (Å²) in [5.41, 5.74) is -0.462. The van der Waals surface area contributed by atoms with Gasteiger partial charge in [0.25, 0.3) is 11.8 Å². The lowest BCUT2D eigenvalue weighted by Crippen LogP contribution is -2.32. The van der Waals surface area contributed by atoms with E-state index in [1.54, 1.807) is 12.1 Å². The molecular formula is C19H17F3N2O5. The number of anilines is 1. The van der Waals surface area contributed by atoms with Crippen molar-refractivity contribution in [1.82, 2.24) is 5.32 Å². The summed E-state index contributed by atoms with van der Waals surface area (Å²) in [6, 6.07) is 10.1. The number of hydrogen-bond donors (Lipinski definition) is 2. The Kier molecular flexibility index (Phi) is 7.18. The standard InChI is InChI=1S/C19H17F3N2O5/c1-28-15-4-2-3-12(9-15)18(27)23-10-17(26)29-11-16(25)24-14-7-5-13(6-8-14)19(20,21)22/h2-9H,10-11H2,1H3,(H,23,27)(H,24,25). The van der Waals surface area contributed by atoms with E-state index in [1.807, 2.05) is 0 Å². The Morgan fingerprint density at radius 1 is 1.03 bits per heavy atom. The second-order valence-corrected chi connectivity index (χ2v) is 5.70. The molecule has 0 aromatic heterocycles. The molecule has 0 bridgehead atoms. The molecule has 2 amide bonds. The molecule has 29 heavy (non-hydrogen) atoms. The van der Waals surface area contributed by atoms with E-state index >= 15 is 0 Å². The second kappa shape index (κ2) is 9.58. The lowest BCUT2D eigenvalue weighted by atomic mass is 10.2. The minimum absolute atomic E-state index is 0.116. The molecule has 0 heterocycles. The van der Waals surface area contributed by atoms with Crippen LogP contribution in [0.4, 0.5) is 18.9 Å². The van der Waals surface area contributed by atoms with Crippen molar-refractivity contribution >= 4 is 23.5 Å². The molecule has 0 fully saturated rings. The number of rotatable bonds is 7. The number of nitrogens with one attached hydrogen (secondary N) is 2. The van der Waals surface area contributed by atoms with Crippen LogP contribution in [0.5, 0.6) is 5.75 Å². The largest absolute Gasteiger partial charge is 0.497 e. The molecule has 2 rings (SSSR count). The molecule has 0 spiro atoms. The van der Waals surface area contributed by atoms with Crippen molar-refractivity contribution in [1.29, 1.82) is 0 Å². The SMILES string of the molecule is COc1cccc(C(=O)NCC(=O)OCC(=O)Nc2ccc(C(F)(F)F)cc2)c1. The number of carbonyl (C=O) groups is 3. The number of amides is 2. The topological polar surface area (TPSA) is 93.7 Å². The third-order valence-electron chi connectivity index (χ3n) is 3.59. The van der Waals surface area contributed by atoms with Crippen LogP contribution >= 0.6 is 0 Å². The Balaban J connectivity index is 1.75. The number of methoxy groups -OCH3 is 1. The third-order valence-corrected chi connectivity index (χ3v) is 3.59. The summed E-state index contributed by atoms with van der Waals surface area (Å²) in [5.74, 6) is -1.66. The van der Waals surface area contributed by atoms with Crippen LogP contribution in [0.3, 0.4) is 0 Å². The Morgan fingerprint density at radius 2 is 1.72 bits per heavy atom. The number of carbonyl (C=O) groups excluding carboxylic acids is 3. The van der Waals surface area contributed by atoms with Gasteiger partial charge in [-0.25, -0.2) is 0 Å². The highest BCUT2D eigenvalue weighted by molar-refractivity contribution is 5.97. The Morgan fingerprint density at radius 3 is 2.34 bits per heavy atom. The summed E-state index contributed by atoms with van der Waals surface area (Å²) < 4.78 is 47.2. The van der Waals surface area contributed by atoms with E-state index in [0.717, 1.165) is 24.3 Å². The summed E-state index contributed by atoms with van der Waals surface area (Å²) in [6.45, 7) is -1.13. The molecular weight excluding hydrogens is 393 g/mol. The van der Waals surface area contributed by atoms with Gasteiger partial charge >= 0.3 is 12.1 Å². The van der Waals surface area contributed by atoms with Crippen LogP contribution in [0, 0.1) is 0 Å². The maximum Gasteiger partial charge on any atom is 0.416 e. The first-order chi connectivity index (χ1) is 13.7. The Hall–Kier alpha value is -3.56. The highest BCUT2D eigenvalue weighted by Gasteiger charge is 2.30. The monoisotopic (exact) mass is 410 g/mol. The van der Waals surface area contributed by atoms with Crippen molar-refractivity contribution in [2.45, 2.75) is 6.18 Å². The molecule has 2 N–H and O–H groups in total.